The van der Waals surface area contributed by atoms with Crippen LogP contribution in [0.2, 0.25) is 0 Å². The van der Waals surface area contributed by atoms with Crippen LogP contribution in [0.5, 0.6) is 5.75 Å². The van der Waals surface area contributed by atoms with Gasteiger partial charge in [-0.25, -0.2) is 0 Å². The summed E-state index contributed by atoms with van der Waals surface area (Å²) in [4.78, 5) is 12.0. The summed E-state index contributed by atoms with van der Waals surface area (Å²) in [5.41, 5.74) is 1.10. The minimum atomic E-state index is -0.0889. The van der Waals surface area contributed by atoms with E-state index in [1.54, 1.807) is 0 Å². The Balaban J connectivity index is 1.92. The van der Waals surface area contributed by atoms with Crippen LogP contribution in [0.1, 0.15) is 109 Å². The van der Waals surface area contributed by atoms with Gasteiger partial charge in [0.05, 0.1) is 0 Å². The number of hydrogen-bond acceptors (Lipinski definition) is 2. The largest absolute Gasteiger partial charge is 0.426 e. The highest BCUT2D eigenvalue weighted by Crippen LogP contribution is 2.19. The quantitative estimate of drug-likeness (QED) is 0.172. The Hall–Kier alpha value is -1.31. The summed E-state index contributed by atoms with van der Waals surface area (Å²) in [7, 11) is 0. The molecular weight excluding hydrogens is 320 g/mol. The Morgan fingerprint density at radius 2 is 1.23 bits per heavy atom. The lowest BCUT2D eigenvalue weighted by Crippen LogP contribution is -2.08. The van der Waals surface area contributed by atoms with E-state index >= 15 is 0 Å². The minimum absolute atomic E-state index is 0.0889. The molecule has 0 spiro atoms. The first-order chi connectivity index (χ1) is 12.8. The van der Waals surface area contributed by atoms with E-state index in [0.29, 0.717) is 6.42 Å². The molecule has 0 atom stereocenters. The second kappa shape index (κ2) is 15.9. The average molecular weight is 361 g/mol. The van der Waals surface area contributed by atoms with Crippen molar-refractivity contribution in [1.29, 1.82) is 0 Å². The van der Waals surface area contributed by atoms with Gasteiger partial charge in [0.2, 0.25) is 0 Å². The van der Waals surface area contributed by atoms with Crippen LogP contribution < -0.4 is 4.74 Å². The van der Waals surface area contributed by atoms with Crippen molar-refractivity contribution in [3.8, 4) is 5.75 Å². The van der Waals surface area contributed by atoms with Crippen molar-refractivity contribution < 1.29 is 9.53 Å². The third kappa shape index (κ3) is 11.3. The van der Waals surface area contributed by atoms with Crippen molar-refractivity contribution in [2.45, 2.75) is 110 Å². The van der Waals surface area contributed by atoms with E-state index in [0.717, 1.165) is 30.6 Å². The predicted octanol–water partition coefficient (Wildman–Crippen LogP) is 7.64. The third-order valence-electron chi connectivity index (χ3n) is 5.06. The summed E-state index contributed by atoms with van der Waals surface area (Å²) in [6.45, 7) is 4.35. The second-order valence-corrected chi connectivity index (χ2v) is 7.43. The van der Waals surface area contributed by atoms with Crippen molar-refractivity contribution in [3.05, 3.63) is 29.8 Å². The Labute approximate surface area is 161 Å². The molecule has 1 aromatic carbocycles. The maximum absolute atomic E-state index is 12.0. The van der Waals surface area contributed by atoms with Crippen LogP contribution in [0.4, 0.5) is 0 Å². The van der Waals surface area contributed by atoms with Crippen molar-refractivity contribution >= 4 is 5.97 Å². The molecular formula is C24H40O2. The lowest BCUT2D eigenvalue weighted by molar-refractivity contribution is -0.134. The molecule has 0 heterocycles. The number of rotatable bonds is 16. The first-order valence-electron chi connectivity index (χ1n) is 11.1. The molecule has 0 bridgehead atoms. The molecule has 0 fully saturated rings. The van der Waals surface area contributed by atoms with Gasteiger partial charge in [-0.3, -0.25) is 4.79 Å². The molecule has 1 aromatic rings. The second-order valence-electron chi connectivity index (χ2n) is 7.43. The molecule has 0 aliphatic heterocycles. The molecule has 26 heavy (non-hydrogen) atoms. The first-order valence-corrected chi connectivity index (χ1v) is 11.1. The van der Waals surface area contributed by atoms with Gasteiger partial charge >= 0.3 is 5.97 Å². The Kier molecular flexibility index (Phi) is 13.9. The molecule has 0 amide bonds. The van der Waals surface area contributed by atoms with Gasteiger partial charge in [-0.1, -0.05) is 109 Å². The monoisotopic (exact) mass is 360 g/mol. The number of unbranched alkanes of at least 4 members (excludes halogenated alkanes) is 12. The molecule has 148 valence electrons. The predicted molar refractivity (Wildman–Crippen MR) is 112 cm³/mol. The molecule has 0 aromatic heterocycles. The zero-order chi connectivity index (χ0) is 18.9. The highest BCUT2D eigenvalue weighted by molar-refractivity contribution is 5.72. The number of esters is 1. The number of carbonyl (C=O) groups excluding carboxylic acids is 1. The summed E-state index contributed by atoms with van der Waals surface area (Å²) in [5, 5.41) is 0. The van der Waals surface area contributed by atoms with Crippen LogP contribution in [-0.2, 0) is 11.2 Å². The summed E-state index contributed by atoms with van der Waals surface area (Å²) in [6, 6.07) is 7.82. The van der Waals surface area contributed by atoms with Crippen LogP contribution in [-0.4, -0.2) is 5.97 Å². The Morgan fingerprint density at radius 3 is 1.77 bits per heavy atom. The number of carbonyl (C=O) groups is 1. The molecule has 0 saturated carbocycles. The zero-order valence-electron chi connectivity index (χ0n) is 17.2. The summed E-state index contributed by atoms with van der Waals surface area (Å²) >= 11 is 0. The van der Waals surface area contributed by atoms with E-state index in [1.165, 1.54) is 70.6 Å². The van der Waals surface area contributed by atoms with Crippen molar-refractivity contribution in [3.63, 3.8) is 0 Å². The van der Waals surface area contributed by atoms with Crippen LogP contribution in [0, 0.1) is 0 Å². The topological polar surface area (TPSA) is 26.3 Å². The SMILES string of the molecule is CCCCCCCCCCCCCCCC(=O)Oc1ccccc1CC. The standard InChI is InChI=1S/C24H40O2/c1-3-5-6-7-8-9-10-11-12-13-14-15-16-21-24(25)26-23-20-18-17-19-22(23)4-2/h17-20H,3-16,21H2,1-2H3. The normalized spacial score (nSPS) is 10.8. The number of ether oxygens (including phenoxy) is 1. The zero-order valence-corrected chi connectivity index (χ0v) is 17.2. The van der Waals surface area contributed by atoms with E-state index in [1.807, 2.05) is 24.3 Å². The van der Waals surface area contributed by atoms with Gasteiger partial charge in [-0.15, -0.1) is 0 Å². The van der Waals surface area contributed by atoms with Crippen LogP contribution in [0.15, 0.2) is 24.3 Å². The summed E-state index contributed by atoms with van der Waals surface area (Å²) < 4.78 is 5.50. The van der Waals surface area contributed by atoms with Gasteiger partial charge in [-0.2, -0.15) is 0 Å². The van der Waals surface area contributed by atoms with Crippen LogP contribution >= 0.6 is 0 Å². The smallest absolute Gasteiger partial charge is 0.311 e. The molecule has 2 nitrogen and oxygen atoms in total. The first kappa shape index (κ1) is 22.7. The van der Waals surface area contributed by atoms with E-state index in [4.69, 9.17) is 4.74 Å². The van der Waals surface area contributed by atoms with E-state index in [9.17, 15) is 4.79 Å². The molecule has 0 unspecified atom stereocenters. The molecule has 0 N–H and O–H groups in total. The molecule has 2 heteroatoms. The van der Waals surface area contributed by atoms with Gasteiger partial charge in [0.25, 0.3) is 0 Å². The minimum Gasteiger partial charge on any atom is -0.426 e. The number of benzene rings is 1. The fourth-order valence-corrected chi connectivity index (χ4v) is 3.36. The Morgan fingerprint density at radius 1 is 0.731 bits per heavy atom. The van der Waals surface area contributed by atoms with Crippen LogP contribution in [0.25, 0.3) is 0 Å². The lowest BCUT2D eigenvalue weighted by atomic mass is 10.0. The van der Waals surface area contributed by atoms with Gasteiger partial charge in [-0.05, 0) is 24.5 Å². The maximum atomic E-state index is 12.0. The third-order valence-corrected chi connectivity index (χ3v) is 5.06. The van der Waals surface area contributed by atoms with Crippen molar-refractivity contribution in [2.24, 2.45) is 0 Å². The maximum Gasteiger partial charge on any atom is 0.311 e. The van der Waals surface area contributed by atoms with Gasteiger partial charge in [0, 0.05) is 6.42 Å². The van der Waals surface area contributed by atoms with Gasteiger partial charge in [0.1, 0.15) is 5.75 Å². The Bertz CT molecular complexity index is 467. The summed E-state index contributed by atoms with van der Waals surface area (Å²) in [6.07, 6.45) is 18.6. The lowest BCUT2D eigenvalue weighted by Gasteiger charge is -2.08. The number of aryl methyl sites for hydroxylation is 1. The summed E-state index contributed by atoms with van der Waals surface area (Å²) in [5.74, 6) is 0.642. The van der Waals surface area contributed by atoms with Crippen molar-refractivity contribution in [2.75, 3.05) is 0 Å². The number of hydrogen-bond donors (Lipinski definition) is 0. The van der Waals surface area contributed by atoms with Crippen LogP contribution in [0.3, 0.4) is 0 Å². The fourth-order valence-electron chi connectivity index (χ4n) is 3.36. The van der Waals surface area contributed by atoms with Gasteiger partial charge in [0.15, 0.2) is 0 Å². The number of para-hydroxylation sites is 1. The average Bonchev–Trinajstić information content (AvgIpc) is 2.66. The van der Waals surface area contributed by atoms with E-state index < -0.39 is 0 Å². The molecule has 0 saturated heterocycles. The molecule has 0 radical (unpaired) electrons. The highest BCUT2D eigenvalue weighted by Gasteiger charge is 2.07. The molecule has 0 aliphatic rings. The highest BCUT2D eigenvalue weighted by atomic mass is 16.5. The van der Waals surface area contributed by atoms with Crippen molar-refractivity contribution in [1.82, 2.24) is 0 Å². The van der Waals surface area contributed by atoms with E-state index in [-0.39, 0.29) is 5.97 Å². The molecule has 0 aliphatic carbocycles. The van der Waals surface area contributed by atoms with E-state index in [2.05, 4.69) is 13.8 Å². The molecule has 1 rings (SSSR count). The fraction of sp³-hybridized carbons (Fsp3) is 0.708. The van der Waals surface area contributed by atoms with Gasteiger partial charge < -0.3 is 4.74 Å².